The Morgan fingerprint density at radius 3 is 2.32 bits per heavy atom. The molecule has 7 nitrogen and oxygen atoms in total. The van der Waals surface area contributed by atoms with Gasteiger partial charge in [0.05, 0.1) is 11.4 Å². The van der Waals surface area contributed by atoms with E-state index in [2.05, 4.69) is 10.2 Å². The van der Waals surface area contributed by atoms with Crippen molar-refractivity contribution in [2.45, 2.75) is 43.2 Å². The van der Waals surface area contributed by atoms with Gasteiger partial charge in [-0.25, -0.2) is 0 Å². The van der Waals surface area contributed by atoms with Gasteiger partial charge in [-0.3, -0.25) is 4.68 Å². The zero-order chi connectivity index (χ0) is 17.1. The molecule has 1 aliphatic heterocycles. The molecule has 124 valence electrons. The van der Waals surface area contributed by atoms with Gasteiger partial charge in [-0.05, 0) is 32.4 Å². The van der Waals surface area contributed by atoms with Crippen molar-refractivity contribution in [2.75, 3.05) is 0 Å². The minimum Gasteiger partial charge on any atom is -0.363 e. The molecule has 0 amide bonds. The first kappa shape index (κ1) is 17.1. The number of rotatable bonds is 3. The third-order valence-electron chi connectivity index (χ3n) is 3.46. The van der Waals surface area contributed by atoms with Crippen LogP contribution in [-0.4, -0.2) is 44.5 Å². The lowest BCUT2D eigenvalue weighted by Crippen LogP contribution is -2.56. The van der Waals surface area contributed by atoms with Crippen LogP contribution in [0.5, 0.6) is 0 Å². The number of hydrogen-bond donors (Lipinski definition) is 1. The van der Waals surface area contributed by atoms with Crippen LogP contribution in [0.4, 0.5) is 8.78 Å². The van der Waals surface area contributed by atoms with E-state index < -0.39 is 27.6 Å². The highest BCUT2D eigenvalue weighted by Crippen LogP contribution is 2.45. The maximum atomic E-state index is 13.6. The summed E-state index contributed by atoms with van der Waals surface area (Å²) < 4.78 is 53.9. The summed E-state index contributed by atoms with van der Waals surface area (Å²) in [6, 6.07) is 0. The number of aromatic nitrogens is 2. The fourth-order valence-corrected chi connectivity index (χ4v) is 4.49. The summed E-state index contributed by atoms with van der Waals surface area (Å²) in [6.45, 7) is 4.22. The van der Waals surface area contributed by atoms with Gasteiger partial charge in [-0.1, -0.05) is 0 Å². The molecule has 0 fully saturated rings. The molecule has 0 spiro atoms. The average Bonchev–Trinajstić information content (AvgIpc) is 2.77. The van der Waals surface area contributed by atoms with Crippen molar-refractivity contribution in [3.05, 3.63) is 11.4 Å². The van der Waals surface area contributed by atoms with Crippen molar-refractivity contribution in [3.8, 4) is 0 Å². The molecule has 1 atom stereocenters. The quantitative estimate of drug-likeness (QED) is 0.827. The Kier molecular flexibility index (Phi) is 3.78. The Bertz CT molecular complexity index is 756. The van der Waals surface area contributed by atoms with Crippen molar-refractivity contribution in [1.82, 2.24) is 14.2 Å². The minimum atomic E-state index is -4.55. The predicted molar refractivity (Wildman–Crippen MR) is 75.2 cm³/mol. The summed E-state index contributed by atoms with van der Waals surface area (Å²) in [4.78, 5) is -0.284. The van der Waals surface area contributed by atoms with E-state index in [1.807, 2.05) is 0 Å². The molecule has 0 saturated carbocycles. The first-order valence-corrected chi connectivity index (χ1v) is 8.03. The average molecular weight is 357 g/mol. The van der Waals surface area contributed by atoms with Gasteiger partial charge in [0, 0.05) is 19.2 Å². The summed E-state index contributed by atoms with van der Waals surface area (Å²) in [6.07, 6.45) is -0.693. The zero-order valence-corrected chi connectivity index (χ0v) is 13.9. The largest absolute Gasteiger partial charge is 0.371 e. The molecule has 1 N–H and O–H groups in total. The predicted octanol–water partition coefficient (Wildman–Crippen LogP) is 1.33. The van der Waals surface area contributed by atoms with E-state index in [9.17, 15) is 22.3 Å². The highest BCUT2D eigenvalue weighted by Gasteiger charge is 2.63. The van der Waals surface area contributed by atoms with Gasteiger partial charge < -0.3 is 5.11 Å². The number of aliphatic hydroxyl groups is 1. The second-order valence-electron chi connectivity index (χ2n) is 5.20. The van der Waals surface area contributed by atoms with E-state index in [1.165, 1.54) is 32.5 Å². The summed E-state index contributed by atoms with van der Waals surface area (Å²) >= 11 is 4.94. The van der Waals surface area contributed by atoms with Crippen LogP contribution in [0.3, 0.4) is 0 Å². The third-order valence-corrected chi connectivity index (χ3v) is 5.71. The van der Waals surface area contributed by atoms with Crippen LogP contribution in [0.2, 0.25) is 0 Å². The van der Waals surface area contributed by atoms with Crippen LogP contribution in [0, 0.1) is 13.8 Å². The van der Waals surface area contributed by atoms with Gasteiger partial charge in [0.15, 0.2) is 0 Å². The molecule has 1 aromatic heterocycles. The summed E-state index contributed by atoms with van der Waals surface area (Å²) in [7, 11) is -3.04. The van der Waals surface area contributed by atoms with Crippen molar-refractivity contribution in [1.29, 1.82) is 0 Å². The van der Waals surface area contributed by atoms with E-state index in [0.717, 1.165) is 0 Å². The van der Waals surface area contributed by atoms with Crippen molar-refractivity contribution in [3.63, 3.8) is 0 Å². The number of hydrazone groups is 1. The molecule has 1 aliphatic rings. The van der Waals surface area contributed by atoms with Gasteiger partial charge in [0.25, 0.3) is 15.7 Å². The maximum Gasteiger partial charge on any atom is 0.371 e. The molecule has 2 rings (SSSR count). The van der Waals surface area contributed by atoms with Crippen LogP contribution < -0.4 is 0 Å². The van der Waals surface area contributed by atoms with Crippen LogP contribution in [0.15, 0.2) is 10.00 Å². The number of halogens is 3. The van der Waals surface area contributed by atoms with Gasteiger partial charge in [0.2, 0.25) is 0 Å². The van der Waals surface area contributed by atoms with Gasteiger partial charge in [0.1, 0.15) is 4.90 Å². The van der Waals surface area contributed by atoms with E-state index >= 15 is 0 Å². The SMILES string of the molecule is CC1=NN(S(=O)(=O)c2c(C)nn(C)c2C)C(O)(C(F)(F)Cl)C1. The lowest BCUT2D eigenvalue weighted by atomic mass is 10.1. The molecule has 0 bridgehead atoms. The molecule has 0 radical (unpaired) electrons. The Labute approximate surface area is 131 Å². The molecule has 11 heteroatoms. The fourth-order valence-electron chi connectivity index (χ4n) is 2.37. The Hall–Kier alpha value is -1.26. The van der Waals surface area contributed by atoms with Crippen LogP contribution in [-0.2, 0) is 17.1 Å². The fraction of sp³-hybridized carbons (Fsp3) is 0.636. The van der Waals surface area contributed by atoms with Crippen LogP contribution in [0.1, 0.15) is 24.7 Å². The standard InChI is InChI=1S/C11H15ClF2N4O3S/c1-6-5-10(19,11(12,13)14)18(15-6)22(20,21)9-7(2)16-17(4)8(9)3/h19H,5H2,1-4H3. The van der Waals surface area contributed by atoms with E-state index in [-0.39, 0.29) is 26.4 Å². The monoisotopic (exact) mass is 356 g/mol. The molecular formula is C11H15ClF2N4O3S. The van der Waals surface area contributed by atoms with Gasteiger partial charge in [-0.15, -0.1) is 4.41 Å². The molecular weight excluding hydrogens is 342 g/mol. The van der Waals surface area contributed by atoms with Crippen molar-refractivity contribution < 1.29 is 22.3 Å². The number of alkyl halides is 3. The second-order valence-corrected chi connectivity index (χ2v) is 7.38. The summed E-state index contributed by atoms with van der Waals surface area (Å²) in [5.74, 6) is 0. The first-order chi connectivity index (χ1) is 9.82. The van der Waals surface area contributed by atoms with Crippen molar-refractivity contribution in [2.24, 2.45) is 12.1 Å². The molecule has 22 heavy (non-hydrogen) atoms. The second kappa shape index (κ2) is 4.87. The highest BCUT2D eigenvalue weighted by atomic mass is 35.5. The topological polar surface area (TPSA) is 87.8 Å². The number of hydrogen-bond acceptors (Lipinski definition) is 5. The molecule has 0 saturated heterocycles. The number of aryl methyl sites for hydroxylation is 2. The van der Waals surface area contributed by atoms with Gasteiger partial charge >= 0.3 is 5.38 Å². The normalized spacial score (nSPS) is 23.1. The lowest BCUT2D eigenvalue weighted by Gasteiger charge is -2.34. The minimum absolute atomic E-state index is 0.0145. The molecule has 0 aliphatic carbocycles. The summed E-state index contributed by atoms with van der Waals surface area (Å²) in [5.41, 5.74) is -2.80. The van der Waals surface area contributed by atoms with E-state index in [0.29, 0.717) is 0 Å². The number of nitrogens with zero attached hydrogens (tertiary/aromatic N) is 4. The van der Waals surface area contributed by atoms with E-state index in [1.54, 1.807) is 0 Å². The maximum absolute atomic E-state index is 13.6. The molecule has 0 aromatic carbocycles. The number of sulfonamides is 1. The van der Waals surface area contributed by atoms with E-state index in [4.69, 9.17) is 11.6 Å². The lowest BCUT2D eigenvalue weighted by molar-refractivity contribution is -0.175. The summed E-state index contributed by atoms with van der Waals surface area (Å²) in [5, 5.41) is 13.4. The van der Waals surface area contributed by atoms with Gasteiger partial charge in [-0.2, -0.15) is 27.4 Å². The molecule has 2 heterocycles. The third kappa shape index (κ3) is 2.29. The smallest absolute Gasteiger partial charge is 0.363 e. The zero-order valence-electron chi connectivity index (χ0n) is 12.3. The molecule has 1 aromatic rings. The Balaban J connectivity index is 2.67. The first-order valence-electron chi connectivity index (χ1n) is 6.21. The van der Waals surface area contributed by atoms with Crippen molar-refractivity contribution >= 4 is 27.3 Å². The van der Waals surface area contributed by atoms with Crippen LogP contribution >= 0.6 is 11.6 Å². The highest BCUT2D eigenvalue weighted by molar-refractivity contribution is 7.89. The molecule has 1 unspecified atom stereocenters. The Morgan fingerprint density at radius 2 is 1.91 bits per heavy atom. The Morgan fingerprint density at radius 1 is 1.36 bits per heavy atom. The van der Waals surface area contributed by atoms with Crippen LogP contribution in [0.25, 0.3) is 0 Å².